The monoisotopic (exact) mass is 395 g/mol. The van der Waals surface area contributed by atoms with Crippen LogP contribution in [0.15, 0.2) is 53.3 Å². The summed E-state index contributed by atoms with van der Waals surface area (Å²) >= 11 is 0. The van der Waals surface area contributed by atoms with Gasteiger partial charge in [0.2, 0.25) is 5.75 Å². The fourth-order valence-electron chi connectivity index (χ4n) is 3.30. The lowest BCUT2D eigenvalue weighted by atomic mass is 10.1. The molecule has 0 amide bonds. The summed E-state index contributed by atoms with van der Waals surface area (Å²) in [5, 5.41) is 10.5. The Morgan fingerprint density at radius 1 is 0.897 bits per heavy atom. The molecule has 0 fully saturated rings. The van der Waals surface area contributed by atoms with E-state index >= 15 is 0 Å². The highest BCUT2D eigenvalue weighted by atomic mass is 16.5. The van der Waals surface area contributed by atoms with E-state index in [1.54, 1.807) is 12.1 Å². The lowest BCUT2D eigenvalue weighted by Crippen LogP contribution is -2.14. The van der Waals surface area contributed by atoms with Gasteiger partial charge in [-0.25, -0.2) is 0 Å². The summed E-state index contributed by atoms with van der Waals surface area (Å²) in [5.41, 5.74) is 1.17. The van der Waals surface area contributed by atoms with Crippen molar-refractivity contribution in [2.24, 2.45) is 0 Å². The third-order valence-electron chi connectivity index (χ3n) is 4.88. The van der Waals surface area contributed by atoms with Crippen molar-refractivity contribution in [3.63, 3.8) is 0 Å². The van der Waals surface area contributed by atoms with Gasteiger partial charge >= 0.3 is 0 Å². The highest BCUT2D eigenvalue weighted by molar-refractivity contribution is 5.88. The first-order valence-electron chi connectivity index (χ1n) is 10.4. The Balaban J connectivity index is 1.78. The minimum atomic E-state index is -0.350. The zero-order valence-corrected chi connectivity index (χ0v) is 16.9. The molecule has 29 heavy (non-hydrogen) atoms. The first kappa shape index (κ1) is 20.8. The second kappa shape index (κ2) is 10.6. The van der Waals surface area contributed by atoms with Crippen molar-refractivity contribution < 1.29 is 14.6 Å². The molecule has 0 bridgehead atoms. The van der Waals surface area contributed by atoms with Crippen molar-refractivity contribution in [3.8, 4) is 17.2 Å². The number of aromatic nitrogens is 1. The molecule has 0 spiro atoms. The third-order valence-corrected chi connectivity index (χ3v) is 4.88. The van der Waals surface area contributed by atoms with E-state index in [9.17, 15) is 9.90 Å². The van der Waals surface area contributed by atoms with Crippen molar-refractivity contribution in [3.05, 3.63) is 64.4 Å². The van der Waals surface area contributed by atoms with Crippen molar-refractivity contribution >= 4 is 10.9 Å². The number of hydrogen-bond donors (Lipinski definition) is 2. The van der Waals surface area contributed by atoms with Gasteiger partial charge in [-0.15, -0.1) is 0 Å². The number of aromatic amines is 1. The summed E-state index contributed by atoms with van der Waals surface area (Å²) in [7, 11) is 0. The second-order valence-electron chi connectivity index (χ2n) is 7.23. The average Bonchev–Trinajstić information content (AvgIpc) is 2.73. The Bertz CT molecular complexity index is 966. The molecule has 1 aromatic heterocycles. The van der Waals surface area contributed by atoms with Gasteiger partial charge in [-0.1, -0.05) is 69.4 Å². The first-order valence-corrected chi connectivity index (χ1v) is 10.4. The maximum absolute atomic E-state index is 12.6. The maximum atomic E-state index is 12.6. The topological polar surface area (TPSA) is 71.5 Å². The van der Waals surface area contributed by atoms with Crippen LogP contribution in [-0.2, 0) is 6.61 Å². The molecule has 2 aromatic carbocycles. The number of fused-ring (bicyclic) bond motifs is 1. The zero-order valence-electron chi connectivity index (χ0n) is 16.9. The van der Waals surface area contributed by atoms with Gasteiger partial charge < -0.3 is 19.6 Å². The zero-order chi connectivity index (χ0) is 20.5. The van der Waals surface area contributed by atoms with E-state index in [1.165, 1.54) is 31.7 Å². The Morgan fingerprint density at radius 3 is 2.45 bits per heavy atom. The van der Waals surface area contributed by atoms with Gasteiger partial charge in [-0.05, 0) is 24.1 Å². The number of unbranched alkanes of at least 4 members (excludes halogenated alkanes) is 5. The number of phenolic OH excluding ortho intramolecular Hbond substituents is 1. The summed E-state index contributed by atoms with van der Waals surface area (Å²) in [5.74, 6) is 0.703. The lowest BCUT2D eigenvalue weighted by Gasteiger charge is -2.15. The number of nitrogens with one attached hydrogen (secondary N) is 1. The number of phenols is 1. The molecule has 0 saturated carbocycles. The highest BCUT2D eigenvalue weighted by Crippen LogP contribution is 2.34. The van der Waals surface area contributed by atoms with Gasteiger partial charge in [0, 0.05) is 11.5 Å². The van der Waals surface area contributed by atoms with Crippen LogP contribution < -0.4 is 15.0 Å². The van der Waals surface area contributed by atoms with E-state index < -0.39 is 0 Å². The largest absolute Gasteiger partial charge is 0.508 e. The van der Waals surface area contributed by atoms with E-state index in [4.69, 9.17) is 9.47 Å². The quantitative estimate of drug-likeness (QED) is 0.417. The van der Waals surface area contributed by atoms with Crippen LogP contribution in [0.2, 0.25) is 0 Å². The summed E-state index contributed by atoms with van der Waals surface area (Å²) in [6.45, 7) is 3.00. The predicted octanol–water partition coefficient (Wildman–Crippen LogP) is 5.55. The van der Waals surface area contributed by atoms with E-state index in [-0.39, 0.29) is 17.1 Å². The fourth-order valence-corrected chi connectivity index (χ4v) is 3.30. The van der Waals surface area contributed by atoms with Crippen LogP contribution >= 0.6 is 0 Å². The number of H-pyrrole nitrogens is 1. The Morgan fingerprint density at radius 2 is 1.66 bits per heavy atom. The van der Waals surface area contributed by atoms with E-state index in [1.807, 2.05) is 30.3 Å². The highest BCUT2D eigenvalue weighted by Gasteiger charge is 2.16. The van der Waals surface area contributed by atoms with Crippen LogP contribution in [0.4, 0.5) is 0 Å². The van der Waals surface area contributed by atoms with Crippen LogP contribution in [-0.4, -0.2) is 16.7 Å². The van der Waals surface area contributed by atoms with Crippen LogP contribution in [0.25, 0.3) is 10.9 Å². The number of benzene rings is 2. The maximum Gasteiger partial charge on any atom is 0.294 e. The number of aromatic hydroxyl groups is 1. The van der Waals surface area contributed by atoms with Crippen LogP contribution in [0.3, 0.4) is 0 Å². The lowest BCUT2D eigenvalue weighted by molar-refractivity contribution is 0.257. The summed E-state index contributed by atoms with van der Waals surface area (Å²) in [4.78, 5) is 15.4. The number of rotatable bonds is 11. The van der Waals surface area contributed by atoms with Gasteiger partial charge in [-0.3, -0.25) is 4.79 Å². The molecule has 0 atom stereocenters. The van der Waals surface area contributed by atoms with Crippen molar-refractivity contribution in [2.75, 3.05) is 6.61 Å². The minimum absolute atomic E-state index is 0.0860. The average molecular weight is 395 g/mol. The normalized spacial score (nSPS) is 10.9. The summed E-state index contributed by atoms with van der Waals surface area (Å²) in [6.07, 6.45) is 6.88. The molecule has 5 nitrogen and oxygen atoms in total. The Labute approximate surface area is 171 Å². The van der Waals surface area contributed by atoms with E-state index in [0.29, 0.717) is 29.9 Å². The molecule has 0 saturated heterocycles. The van der Waals surface area contributed by atoms with Crippen LogP contribution in [0.1, 0.15) is 51.0 Å². The molecular formula is C24H29NO4. The minimum Gasteiger partial charge on any atom is -0.508 e. The van der Waals surface area contributed by atoms with Gasteiger partial charge in [0.1, 0.15) is 12.4 Å². The molecule has 3 aromatic rings. The standard InChI is InChI=1S/C24H29NO4/c1-2-3-4-5-6-10-15-28-23-22(29-17-18-11-8-7-9-12-18)20-14-13-19(26)16-21(20)25-24(23)27/h7-9,11-14,16,26H,2-6,10,15,17H2,1H3,(H,25,27). The van der Waals surface area contributed by atoms with Crippen molar-refractivity contribution in [1.29, 1.82) is 0 Å². The number of ether oxygens (including phenoxy) is 2. The molecular weight excluding hydrogens is 366 g/mol. The molecule has 0 aliphatic heterocycles. The SMILES string of the molecule is CCCCCCCCOc1c(OCc2ccccc2)c2ccc(O)cc2[nH]c1=O. The van der Waals surface area contributed by atoms with E-state index in [2.05, 4.69) is 11.9 Å². The summed E-state index contributed by atoms with van der Waals surface area (Å²) < 4.78 is 11.9. The number of pyridine rings is 1. The molecule has 5 heteroatoms. The molecule has 0 unspecified atom stereocenters. The summed E-state index contributed by atoms with van der Waals surface area (Å²) in [6, 6.07) is 14.6. The molecule has 3 rings (SSSR count). The van der Waals surface area contributed by atoms with Crippen LogP contribution in [0.5, 0.6) is 17.2 Å². The molecule has 154 valence electrons. The van der Waals surface area contributed by atoms with Gasteiger partial charge in [0.15, 0.2) is 5.75 Å². The Hall–Kier alpha value is -2.95. The molecule has 0 aliphatic rings. The molecule has 0 radical (unpaired) electrons. The molecule has 2 N–H and O–H groups in total. The Kier molecular flexibility index (Phi) is 7.56. The number of hydrogen-bond acceptors (Lipinski definition) is 4. The molecule has 0 aliphatic carbocycles. The van der Waals surface area contributed by atoms with Crippen molar-refractivity contribution in [2.45, 2.75) is 52.1 Å². The van der Waals surface area contributed by atoms with Gasteiger partial charge in [-0.2, -0.15) is 0 Å². The second-order valence-corrected chi connectivity index (χ2v) is 7.23. The predicted molar refractivity (Wildman–Crippen MR) is 116 cm³/mol. The van der Waals surface area contributed by atoms with E-state index in [0.717, 1.165) is 18.4 Å². The fraction of sp³-hybridized carbons (Fsp3) is 0.375. The third kappa shape index (κ3) is 5.76. The van der Waals surface area contributed by atoms with Gasteiger partial charge in [0.05, 0.1) is 12.1 Å². The smallest absolute Gasteiger partial charge is 0.294 e. The first-order chi connectivity index (χ1) is 14.2. The molecule has 1 heterocycles. The van der Waals surface area contributed by atoms with Gasteiger partial charge in [0.25, 0.3) is 5.56 Å². The van der Waals surface area contributed by atoms with Crippen molar-refractivity contribution in [1.82, 2.24) is 4.98 Å². The van der Waals surface area contributed by atoms with Crippen LogP contribution in [0, 0.1) is 0 Å².